The second kappa shape index (κ2) is 9.40. The quantitative estimate of drug-likeness (QED) is 0.523. The van der Waals surface area contributed by atoms with Crippen molar-refractivity contribution in [1.82, 2.24) is 5.32 Å². The molecule has 5 nitrogen and oxygen atoms in total. The zero-order chi connectivity index (χ0) is 21.7. The molecule has 3 aromatic carbocycles. The second-order valence-corrected chi connectivity index (χ2v) is 9.42. The molecule has 30 heavy (non-hydrogen) atoms. The smallest absolute Gasteiger partial charge is 0.264 e. The predicted molar refractivity (Wildman–Crippen MR) is 118 cm³/mol. The molecule has 1 N–H and O–H groups in total. The molecule has 156 valence electrons. The Balaban J connectivity index is 1.86. The SMILES string of the molecule is C[C@@H](NC(=O)CN(c1ccc(Br)cc1)S(=O)(=O)c1ccccc1)c1ccc(F)cc1. The Bertz CT molecular complexity index is 1110. The van der Waals surface area contributed by atoms with Gasteiger partial charge in [0.25, 0.3) is 10.0 Å². The van der Waals surface area contributed by atoms with Gasteiger partial charge in [-0.1, -0.05) is 46.3 Å². The van der Waals surface area contributed by atoms with Crippen molar-refractivity contribution in [1.29, 1.82) is 0 Å². The highest BCUT2D eigenvalue weighted by molar-refractivity contribution is 9.10. The highest BCUT2D eigenvalue weighted by atomic mass is 79.9. The van der Waals surface area contributed by atoms with Crippen LogP contribution in [0.25, 0.3) is 0 Å². The number of anilines is 1. The van der Waals surface area contributed by atoms with E-state index < -0.39 is 28.5 Å². The summed E-state index contributed by atoms with van der Waals surface area (Å²) < 4.78 is 41.5. The number of rotatable bonds is 7. The van der Waals surface area contributed by atoms with Gasteiger partial charge in [0.1, 0.15) is 12.4 Å². The summed E-state index contributed by atoms with van der Waals surface area (Å²) in [6, 6.07) is 20.0. The minimum absolute atomic E-state index is 0.0901. The van der Waals surface area contributed by atoms with Crippen LogP contribution in [0.2, 0.25) is 0 Å². The Morgan fingerprint density at radius 3 is 2.20 bits per heavy atom. The molecule has 0 radical (unpaired) electrons. The average Bonchev–Trinajstić information content (AvgIpc) is 2.74. The maximum absolute atomic E-state index is 13.2. The van der Waals surface area contributed by atoms with Gasteiger partial charge < -0.3 is 5.32 Å². The van der Waals surface area contributed by atoms with E-state index in [4.69, 9.17) is 0 Å². The first-order valence-corrected chi connectivity index (χ1v) is 11.4. The normalized spacial score (nSPS) is 12.2. The molecule has 0 aliphatic rings. The van der Waals surface area contributed by atoms with Gasteiger partial charge in [0.05, 0.1) is 16.6 Å². The molecule has 0 aliphatic carbocycles. The standard InChI is InChI=1S/C22H20BrFN2O3S/c1-16(17-7-11-19(24)12-8-17)25-22(27)15-26(20-13-9-18(23)10-14-20)30(28,29)21-5-3-2-4-6-21/h2-14,16H,15H2,1H3,(H,25,27)/t16-/m1/s1. The molecule has 0 heterocycles. The van der Waals surface area contributed by atoms with E-state index in [1.807, 2.05) is 0 Å². The number of nitrogens with one attached hydrogen (secondary N) is 1. The van der Waals surface area contributed by atoms with Crippen LogP contribution in [-0.2, 0) is 14.8 Å². The summed E-state index contributed by atoms with van der Waals surface area (Å²) in [5, 5.41) is 2.77. The second-order valence-electron chi connectivity index (χ2n) is 6.64. The lowest BCUT2D eigenvalue weighted by atomic mass is 10.1. The Morgan fingerprint density at radius 1 is 1.00 bits per heavy atom. The minimum Gasteiger partial charge on any atom is -0.348 e. The highest BCUT2D eigenvalue weighted by Gasteiger charge is 2.27. The number of nitrogens with zero attached hydrogens (tertiary/aromatic N) is 1. The fourth-order valence-electron chi connectivity index (χ4n) is 2.89. The third-order valence-electron chi connectivity index (χ3n) is 4.48. The van der Waals surface area contributed by atoms with Crippen molar-refractivity contribution < 1.29 is 17.6 Å². The molecule has 0 aliphatic heterocycles. The maximum atomic E-state index is 13.2. The Morgan fingerprint density at radius 2 is 1.60 bits per heavy atom. The van der Waals surface area contributed by atoms with Gasteiger partial charge >= 0.3 is 0 Å². The minimum atomic E-state index is -3.96. The topological polar surface area (TPSA) is 66.5 Å². The van der Waals surface area contributed by atoms with Gasteiger partial charge in [0.2, 0.25) is 5.91 Å². The van der Waals surface area contributed by atoms with E-state index in [1.54, 1.807) is 61.5 Å². The van der Waals surface area contributed by atoms with Crippen molar-refractivity contribution in [2.75, 3.05) is 10.8 Å². The number of sulfonamides is 1. The van der Waals surface area contributed by atoms with Crippen LogP contribution in [0.1, 0.15) is 18.5 Å². The number of hydrogen-bond acceptors (Lipinski definition) is 3. The number of carbonyl (C=O) groups excluding carboxylic acids is 1. The molecule has 0 bridgehead atoms. The lowest BCUT2D eigenvalue weighted by Crippen LogP contribution is -2.41. The van der Waals surface area contributed by atoms with E-state index in [9.17, 15) is 17.6 Å². The first-order chi connectivity index (χ1) is 14.3. The van der Waals surface area contributed by atoms with Gasteiger partial charge in [-0.3, -0.25) is 9.10 Å². The van der Waals surface area contributed by atoms with Crippen LogP contribution in [-0.4, -0.2) is 20.9 Å². The molecular weight excluding hydrogens is 471 g/mol. The van der Waals surface area contributed by atoms with Crippen molar-refractivity contribution in [2.45, 2.75) is 17.9 Å². The van der Waals surface area contributed by atoms with Crippen molar-refractivity contribution in [3.8, 4) is 0 Å². The van der Waals surface area contributed by atoms with E-state index in [0.717, 1.165) is 8.78 Å². The van der Waals surface area contributed by atoms with E-state index in [-0.39, 0.29) is 10.7 Å². The largest absolute Gasteiger partial charge is 0.348 e. The molecule has 1 atom stereocenters. The Hall–Kier alpha value is -2.71. The fourth-order valence-corrected chi connectivity index (χ4v) is 4.60. The molecule has 3 aromatic rings. The van der Waals surface area contributed by atoms with Crippen LogP contribution in [0.15, 0.2) is 88.2 Å². The van der Waals surface area contributed by atoms with Gasteiger partial charge in [-0.2, -0.15) is 0 Å². The molecule has 0 saturated heterocycles. The summed E-state index contributed by atoms with van der Waals surface area (Å²) in [7, 11) is -3.96. The average molecular weight is 491 g/mol. The molecule has 1 amide bonds. The van der Waals surface area contributed by atoms with Gasteiger partial charge in [-0.05, 0) is 61.0 Å². The third-order valence-corrected chi connectivity index (χ3v) is 6.80. The molecule has 0 unspecified atom stereocenters. The number of hydrogen-bond donors (Lipinski definition) is 1. The number of benzene rings is 3. The van der Waals surface area contributed by atoms with Crippen LogP contribution in [0.4, 0.5) is 10.1 Å². The monoisotopic (exact) mass is 490 g/mol. The van der Waals surface area contributed by atoms with E-state index in [2.05, 4.69) is 21.2 Å². The summed E-state index contributed by atoms with van der Waals surface area (Å²) in [5.41, 5.74) is 1.08. The molecule has 8 heteroatoms. The van der Waals surface area contributed by atoms with Crippen molar-refractivity contribution in [3.05, 3.63) is 94.7 Å². The maximum Gasteiger partial charge on any atom is 0.264 e. The van der Waals surface area contributed by atoms with Crippen molar-refractivity contribution in [2.24, 2.45) is 0 Å². The van der Waals surface area contributed by atoms with Crippen LogP contribution >= 0.6 is 15.9 Å². The highest BCUT2D eigenvalue weighted by Crippen LogP contribution is 2.25. The van der Waals surface area contributed by atoms with E-state index >= 15 is 0 Å². The predicted octanol–water partition coefficient (Wildman–Crippen LogP) is 4.66. The van der Waals surface area contributed by atoms with Gasteiger partial charge in [-0.15, -0.1) is 0 Å². The van der Waals surface area contributed by atoms with Crippen molar-refractivity contribution >= 4 is 37.5 Å². The lowest BCUT2D eigenvalue weighted by Gasteiger charge is -2.25. The van der Waals surface area contributed by atoms with Crippen LogP contribution in [0, 0.1) is 5.82 Å². The number of halogens is 2. The summed E-state index contributed by atoms with van der Waals surface area (Å²) in [6.07, 6.45) is 0. The first-order valence-electron chi connectivity index (χ1n) is 9.15. The zero-order valence-corrected chi connectivity index (χ0v) is 18.5. The van der Waals surface area contributed by atoms with E-state index in [0.29, 0.717) is 11.3 Å². The van der Waals surface area contributed by atoms with Crippen molar-refractivity contribution in [3.63, 3.8) is 0 Å². The summed E-state index contributed by atoms with van der Waals surface area (Å²) in [6.45, 7) is 1.35. The Kier molecular flexibility index (Phi) is 6.89. The Labute approximate surface area is 183 Å². The van der Waals surface area contributed by atoms with Gasteiger partial charge in [0, 0.05) is 4.47 Å². The zero-order valence-electron chi connectivity index (χ0n) is 16.1. The number of amides is 1. The molecular formula is C22H20BrFN2O3S. The first kappa shape index (κ1) is 22.0. The summed E-state index contributed by atoms with van der Waals surface area (Å²) >= 11 is 3.33. The van der Waals surface area contributed by atoms with Gasteiger partial charge in [-0.25, -0.2) is 12.8 Å². The summed E-state index contributed by atoms with van der Waals surface area (Å²) in [5.74, 6) is -0.845. The van der Waals surface area contributed by atoms with Crippen LogP contribution in [0.3, 0.4) is 0 Å². The molecule has 0 aromatic heterocycles. The summed E-state index contributed by atoms with van der Waals surface area (Å²) in [4.78, 5) is 12.8. The van der Waals surface area contributed by atoms with Crippen LogP contribution in [0.5, 0.6) is 0 Å². The fraction of sp³-hybridized carbons (Fsp3) is 0.136. The molecule has 0 spiro atoms. The van der Waals surface area contributed by atoms with Gasteiger partial charge in [0.15, 0.2) is 0 Å². The molecule has 0 saturated carbocycles. The van der Waals surface area contributed by atoms with Crippen LogP contribution < -0.4 is 9.62 Å². The molecule has 3 rings (SSSR count). The lowest BCUT2D eigenvalue weighted by molar-refractivity contribution is -0.120. The number of carbonyl (C=O) groups is 1. The van der Waals surface area contributed by atoms with E-state index in [1.165, 1.54) is 24.3 Å². The molecule has 0 fully saturated rings. The third kappa shape index (κ3) is 5.25.